The molecule has 2 amide bonds. The normalized spacial score (nSPS) is 34.7. The van der Waals surface area contributed by atoms with Crippen LogP contribution in [0.5, 0.6) is 5.75 Å². The molecule has 1 saturated carbocycles. The molecule has 1 N–H and O–H groups in total. The molecule has 7 heteroatoms. The van der Waals surface area contributed by atoms with Crippen LogP contribution in [0.25, 0.3) is 0 Å². The SMILES string of the molecule is O=C1COCC2(CCCN3C(=O)COc4ccccc4[C@H]4CC[C@H](CC4)OCC32)N1. The lowest BCUT2D eigenvalue weighted by Crippen LogP contribution is -2.72. The second-order valence-electron chi connectivity index (χ2n) is 9.04. The molecule has 1 aromatic rings. The highest BCUT2D eigenvalue weighted by molar-refractivity contribution is 5.81. The van der Waals surface area contributed by atoms with Crippen molar-refractivity contribution in [2.75, 3.05) is 33.0 Å². The summed E-state index contributed by atoms with van der Waals surface area (Å²) in [5.41, 5.74) is 0.612. The Morgan fingerprint density at radius 3 is 2.73 bits per heavy atom. The lowest BCUT2D eigenvalue weighted by molar-refractivity contribution is -0.156. The molecule has 4 aliphatic heterocycles. The van der Waals surface area contributed by atoms with E-state index >= 15 is 0 Å². The zero-order chi connectivity index (χ0) is 20.6. The van der Waals surface area contributed by atoms with E-state index in [0.717, 1.165) is 44.3 Å². The molecule has 4 heterocycles. The van der Waals surface area contributed by atoms with Crippen molar-refractivity contribution in [1.29, 1.82) is 0 Å². The number of amides is 2. The van der Waals surface area contributed by atoms with E-state index in [1.54, 1.807) is 0 Å². The first kappa shape index (κ1) is 19.8. The number of benzene rings is 1. The van der Waals surface area contributed by atoms with Crippen LogP contribution in [0.3, 0.4) is 0 Å². The summed E-state index contributed by atoms with van der Waals surface area (Å²) in [7, 11) is 0. The number of morpholine rings is 1. The highest BCUT2D eigenvalue weighted by Crippen LogP contribution is 2.39. The molecule has 2 bridgehead atoms. The van der Waals surface area contributed by atoms with E-state index in [-0.39, 0.29) is 37.2 Å². The Bertz CT molecular complexity index is 803. The van der Waals surface area contributed by atoms with Gasteiger partial charge < -0.3 is 24.4 Å². The quantitative estimate of drug-likeness (QED) is 0.703. The molecule has 3 fully saturated rings. The summed E-state index contributed by atoms with van der Waals surface area (Å²) in [4.78, 5) is 27.3. The number of piperidine rings is 1. The van der Waals surface area contributed by atoms with Crippen LogP contribution in [0.1, 0.15) is 50.0 Å². The van der Waals surface area contributed by atoms with Crippen molar-refractivity contribution < 1.29 is 23.8 Å². The lowest BCUT2D eigenvalue weighted by atomic mass is 9.80. The van der Waals surface area contributed by atoms with E-state index in [1.165, 1.54) is 5.56 Å². The molecule has 2 unspecified atom stereocenters. The Morgan fingerprint density at radius 1 is 1.07 bits per heavy atom. The molecule has 7 nitrogen and oxygen atoms in total. The van der Waals surface area contributed by atoms with Gasteiger partial charge in [-0.1, -0.05) is 18.2 Å². The Hall–Kier alpha value is -2.12. The molecular formula is C23H30N2O5. The average molecular weight is 415 g/mol. The van der Waals surface area contributed by atoms with Gasteiger partial charge >= 0.3 is 0 Å². The summed E-state index contributed by atoms with van der Waals surface area (Å²) < 4.78 is 18.1. The van der Waals surface area contributed by atoms with Crippen LogP contribution in [0.2, 0.25) is 0 Å². The first-order chi connectivity index (χ1) is 14.6. The van der Waals surface area contributed by atoms with Crippen molar-refractivity contribution in [1.82, 2.24) is 10.2 Å². The molecule has 0 aromatic heterocycles. The minimum atomic E-state index is -0.585. The van der Waals surface area contributed by atoms with Crippen molar-refractivity contribution in [3.63, 3.8) is 0 Å². The first-order valence-electron chi connectivity index (χ1n) is 11.2. The van der Waals surface area contributed by atoms with Gasteiger partial charge in [-0.2, -0.15) is 0 Å². The van der Waals surface area contributed by atoms with Crippen LogP contribution in [0.4, 0.5) is 0 Å². The van der Waals surface area contributed by atoms with Crippen LogP contribution in [0.15, 0.2) is 24.3 Å². The molecule has 30 heavy (non-hydrogen) atoms. The molecule has 0 radical (unpaired) electrons. The molecular weight excluding hydrogens is 384 g/mol. The third kappa shape index (κ3) is 3.69. The van der Waals surface area contributed by atoms with Gasteiger partial charge in [0.15, 0.2) is 6.61 Å². The largest absolute Gasteiger partial charge is 0.483 e. The van der Waals surface area contributed by atoms with Gasteiger partial charge in [0.1, 0.15) is 12.4 Å². The van der Waals surface area contributed by atoms with E-state index in [2.05, 4.69) is 11.4 Å². The van der Waals surface area contributed by atoms with Crippen molar-refractivity contribution >= 4 is 11.8 Å². The van der Waals surface area contributed by atoms with Crippen LogP contribution in [-0.2, 0) is 19.1 Å². The van der Waals surface area contributed by atoms with Gasteiger partial charge in [0.25, 0.3) is 5.91 Å². The summed E-state index contributed by atoms with van der Waals surface area (Å²) in [6, 6.07) is 7.85. The van der Waals surface area contributed by atoms with Crippen LogP contribution >= 0.6 is 0 Å². The van der Waals surface area contributed by atoms with Gasteiger partial charge in [0.05, 0.1) is 30.9 Å². The Kier molecular flexibility index (Phi) is 5.41. The number of para-hydroxylation sites is 1. The lowest BCUT2D eigenvalue weighted by Gasteiger charge is -2.51. The predicted molar refractivity (Wildman–Crippen MR) is 109 cm³/mol. The molecule has 162 valence electrons. The zero-order valence-electron chi connectivity index (χ0n) is 17.3. The number of rotatable bonds is 0. The maximum Gasteiger partial charge on any atom is 0.260 e. The molecule has 5 aliphatic rings. The topological polar surface area (TPSA) is 77.1 Å². The number of nitrogens with zero attached hydrogens (tertiary/aromatic N) is 1. The number of ether oxygens (including phenoxy) is 3. The number of nitrogens with one attached hydrogen (secondary N) is 1. The van der Waals surface area contributed by atoms with E-state index in [4.69, 9.17) is 14.2 Å². The summed E-state index contributed by atoms with van der Waals surface area (Å²) in [5, 5.41) is 3.16. The minimum absolute atomic E-state index is 0.00541. The van der Waals surface area contributed by atoms with Gasteiger partial charge in [-0.3, -0.25) is 9.59 Å². The Balaban J connectivity index is 1.46. The Labute approximate surface area is 177 Å². The van der Waals surface area contributed by atoms with Crippen molar-refractivity contribution in [3.05, 3.63) is 29.8 Å². The fourth-order valence-corrected chi connectivity index (χ4v) is 5.66. The van der Waals surface area contributed by atoms with Gasteiger partial charge in [-0.05, 0) is 56.1 Å². The summed E-state index contributed by atoms with van der Waals surface area (Å²) in [6.07, 6.45) is 5.88. The second-order valence-corrected chi connectivity index (χ2v) is 9.04. The van der Waals surface area contributed by atoms with Crippen LogP contribution < -0.4 is 10.1 Å². The molecule has 6 rings (SSSR count). The maximum absolute atomic E-state index is 13.2. The number of carbonyl (C=O) groups is 2. The van der Waals surface area contributed by atoms with E-state index in [9.17, 15) is 9.59 Å². The van der Waals surface area contributed by atoms with Crippen LogP contribution in [0, 0.1) is 0 Å². The number of hydrogen-bond acceptors (Lipinski definition) is 5. The summed E-state index contributed by atoms with van der Waals surface area (Å²) >= 11 is 0. The highest BCUT2D eigenvalue weighted by atomic mass is 16.5. The molecule has 1 spiro atoms. The van der Waals surface area contributed by atoms with Crippen molar-refractivity contribution in [2.24, 2.45) is 0 Å². The maximum atomic E-state index is 13.2. The van der Waals surface area contributed by atoms with E-state index in [1.807, 2.05) is 23.1 Å². The number of fused-ring (bicyclic) bond motifs is 5. The van der Waals surface area contributed by atoms with Crippen molar-refractivity contribution in [3.8, 4) is 5.75 Å². The highest BCUT2D eigenvalue weighted by Gasteiger charge is 2.49. The zero-order valence-corrected chi connectivity index (χ0v) is 17.3. The smallest absolute Gasteiger partial charge is 0.260 e. The monoisotopic (exact) mass is 414 g/mol. The fraction of sp³-hybridized carbons (Fsp3) is 0.652. The fourth-order valence-electron chi connectivity index (χ4n) is 5.66. The van der Waals surface area contributed by atoms with Crippen molar-refractivity contribution in [2.45, 2.75) is 62.1 Å². The standard InChI is InChI=1S/C23H30N2O5/c26-21-13-28-15-23(24-21)10-3-11-25-20(23)12-29-17-8-6-16(7-9-17)18-4-1-2-5-19(18)30-14-22(25)27/h1-2,4-5,16-17,20H,3,6-15H2,(H,24,26)/t16-,17+,20?,23?. The third-order valence-electron chi connectivity index (χ3n) is 7.21. The second kappa shape index (κ2) is 8.19. The summed E-state index contributed by atoms with van der Waals surface area (Å²) in [5.74, 6) is 1.07. The third-order valence-corrected chi connectivity index (χ3v) is 7.21. The summed E-state index contributed by atoms with van der Waals surface area (Å²) in [6.45, 7) is 1.54. The molecule has 1 aliphatic carbocycles. The van der Waals surface area contributed by atoms with E-state index in [0.29, 0.717) is 25.7 Å². The average Bonchev–Trinajstić information content (AvgIpc) is 2.78. The molecule has 2 saturated heterocycles. The van der Waals surface area contributed by atoms with Crippen LogP contribution in [-0.4, -0.2) is 67.4 Å². The number of carbonyl (C=O) groups excluding carboxylic acids is 2. The predicted octanol–water partition coefficient (Wildman–Crippen LogP) is 2.00. The molecule has 1 aromatic carbocycles. The van der Waals surface area contributed by atoms with Gasteiger partial charge in [-0.15, -0.1) is 0 Å². The van der Waals surface area contributed by atoms with Gasteiger partial charge in [-0.25, -0.2) is 0 Å². The minimum Gasteiger partial charge on any atom is -0.483 e. The van der Waals surface area contributed by atoms with Gasteiger partial charge in [0, 0.05) is 6.54 Å². The molecule has 2 atom stereocenters. The van der Waals surface area contributed by atoms with E-state index < -0.39 is 5.54 Å². The first-order valence-corrected chi connectivity index (χ1v) is 11.2. The van der Waals surface area contributed by atoms with Gasteiger partial charge in [0.2, 0.25) is 5.91 Å². The number of hydrogen-bond donors (Lipinski definition) is 1. The Morgan fingerprint density at radius 2 is 1.90 bits per heavy atom.